The molecule has 1 aromatic heterocycles. The Kier molecular flexibility index (Phi) is 7.16. The summed E-state index contributed by atoms with van der Waals surface area (Å²) in [5.74, 6) is -0.264. The predicted octanol–water partition coefficient (Wildman–Crippen LogP) is 7.58. The molecule has 0 fully saturated rings. The van der Waals surface area contributed by atoms with Crippen molar-refractivity contribution < 1.29 is 17.9 Å². The molecule has 0 bridgehead atoms. The number of nitrogens with zero attached hydrogens (tertiary/aromatic N) is 1. The van der Waals surface area contributed by atoms with E-state index in [9.17, 15) is 13.2 Å². The molecule has 26 heavy (non-hydrogen) atoms. The Balaban J connectivity index is 2.23. The van der Waals surface area contributed by atoms with Crippen LogP contribution in [0.5, 0.6) is 11.6 Å². The van der Waals surface area contributed by atoms with Gasteiger partial charge in [-0.15, -0.1) is 0 Å². The summed E-state index contributed by atoms with van der Waals surface area (Å²) in [7, 11) is 0. The van der Waals surface area contributed by atoms with E-state index in [0.29, 0.717) is 24.5 Å². The zero-order valence-corrected chi connectivity index (χ0v) is 16.3. The van der Waals surface area contributed by atoms with Crippen molar-refractivity contribution in [2.75, 3.05) is 11.9 Å². The van der Waals surface area contributed by atoms with Crippen molar-refractivity contribution in [3.05, 3.63) is 55.6 Å². The van der Waals surface area contributed by atoms with Crippen LogP contribution in [0, 0.1) is 0 Å². The Morgan fingerprint density at radius 1 is 1.08 bits per heavy atom. The summed E-state index contributed by atoms with van der Waals surface area (Å²) < 4.78 is 43.4. The first-order valence-corrected chi connectivity index (χ1v) is 8.61. The first-order chi connectivity index (χ1) is 12.1. The minimum Gasteiger partial charge on any atom is -0.434 e. The summed E-state index contributed by atoms with van der Waals surface area (Å²) in [4.78, 5) is 3.57. The molecule has 1 aromatic carbocycles. The molecule has 1 heterocycles. The number of benzene rings is 1. The number of hydrogen-bond acceptors (Lipinski definition) is 3. The molecule has 0 aliphatic rings. The standard InChI is InChI=1S/C15H8Cl5F3N2O/c16-9-4-8(24-2-1-12(19)20)5-10(17)13(9)26-14-11(18)3-7(6-25-14)15(21,22)23/h1,3-6,24H,2H2. The van der Waals surface area contributed by atoms with Gasteiger partial charge in [0.15, 0.2) is 5.75 Å². The summed E-state index contributed by atoms with van der Waals surface area (Å²) >= 11 is 29.0. The molecule has 0 saturated heterocycles. The molecule has 0 aliphatic heterocycles. The van der Waals surface area contributed by atoms with E-state index in [1.165, 1.54) is 18.2 Å². The molecule has 3 nitrogen and oxygen atoms in total. The zero-order valence-electron chi connectivity index (χ0n) is 12.5. The van der Waals surface area contributed by atoms with Crippen LogP contribution in [0.4, 0.5) is 18.9 Å². The summed E-state index contributed by atoms with van der Waals surface area (Å²) in [6, 6.07) is 3.69. The molecule has 2 rings (SSSR count). The van der Waals surface area contributed by atoms with Crippen LogP contribution in [0.15, 0.2) is 35.0 Å². The fraction of sp³-hybridized carbons (Fsp3) is 0.133. The topological polar surface area (TPSA) is 34.1 Å². The highest BCUT2D eigenvalue weighted by Crippen LogP contribution is 2.41. The third kappa shape index (κ3) is 5.72. The van der Waals surface area contributed by atoms with Crippen molar-refractivity contribution in [2.45, 2.75) is 6.18 Å². The Morgan fingerprint density at radius 2 is 1.69 bits per heavy atom. The zero-order chi connectivity index (χ0) is 19.5. The summed E-state index contributed by atoms with van der Waals surface area (Å²) in [5.41, 5.74) is -0.456. The van der Waals surface area contributed by atoms with Gasteiger partial charge in [0.2, 0.25) is 5.88 Å². The molecule has 0 saturated carbocycles. The molecular weight excluding hydrogens is 458 g/mol. The number of hydrogen-bond donors (Lipinski definition) is 1. The van der Waals surface area contributed by atoms with Crippen LogP contribution >= 0.6 is 58.0 Å². The number of alkyl halides is 3. The normalized spacial score (nSPS) is 11.2. The lowest BCUT2D eigenvalue weighted by molar-refractivity contribution is -0.137. The monoisotopic (exact) mass is 464 g/mol. The van der Waals surface area contributed by atoms with Crippen LogP contribution in [-0.2, 0) is 6.18 Å². The highest BCUT2D eigenvalue weighted by molar-refractivity contribution is 6.55. The van der Waals surface area contributed by atoms with Crippen LogP contribution in [0.2, 0.25) is 15.1 Å². The van der Waals surface area contributed by atoms with E-state index >= 15 is 0 Å². The van der Waals surface area contributed by atoms with E-state index in [0.717, 1.165) is 0 Å². The van der Waals surface area contributed by atoms with Gasteiger partial charge in [0.25, 0.3) is 0 Å². The minimum atomic E-state index is -4.57. The molecule has 140 valence electrons. The lowest BCUT2D eigenvalue weighted by atomic mass is 10.2. The second-order valence-electron chi connectivity index (χ2n) is 4.75. The highest BCUT2D eigenvalue weighted by Gasteiger charge is 2.32. The number of aromatic nitrogens is 1. The molecule has 0 spiro atoms. The maximum absolute atomic E-state index is 12.6. The van der Waals surface area contributed by atoms with Crippen molar-refractivity contribution >= 4 is 63.7 Å². The molecule has 2 aromatic rings. The summed E-state index contributed by atoms with van der Waals surface area (Å²) in [6.07, 6.45) is -2.46. The average Bonchev–Trinajstić information content (AvgIpc) is 2.50. The van der Waals surface area contributed by atoms with Gasteiger partial charge in [-0.3, -0.25) is 0 Å². The van der Waals surface area contributed by atoms with E-state index in [2.05, 4.69) is 10.3 Å². The Hall–Kier alpha value is -1.05. The largest absolute Gasteiger partial charge is 0.434 e. The van der Waals surface area contributed by atoms with E-state index in [1.807, 2.05) is 0 Å². The molecule has 0 aliphatic carbocycles. The van der Waals surface area contributed by atoms with Crippen LogP contribution in [0.3, 0.4) is 0 Å². The molecule has 0 amide bonds. The third-order valence-corrected chi connectivity index (χ3v) is 4.04. The van der Waals surface area contributed by atoms with Gasteiger partial charge in [-0.2, -0.15) is 13.2 Å². The number of rotatable bonds is 5. The van der Waals surface area contributed by atoms with Gasteiger partial charge in [-0.1, -0.05) is 58.0 Å². The van der Waals surface area contributed by atoms with Gasteiger partial charge in [-0.05, 0) is 24.3 Å². The second-order valence-corrected chi connectivity index (χ2v) is 6.98. The van der Waals surface area contributed by atoms with Crippen molar-refractivity contribution in [1.29, 1.82) is 0 Å². The second kappa shape index (κ2) is 8.76. The van der Waals surface area contributed by atoms with E-state index in [-0.39, 0.29) is 31.2 Å². The lowest BCUT2D eigenvalue weighted by Crippen LogP contribution is -2.06. The van der Waals surface area contributed by atoms with Gasteiger partial charge >= 0.3 is 6.18 Å². The maximum Gasteiger partial charge on any atom is 0.417 e. The number of pyridine rings is 1. The quantitative estimate of drug-likeness (QED) is 0.493. The summed E-state index contributed by atoms with van der Waals surface area (Å²) in [6.45, 7) is 0.321. The van der Waals surface area contributed by atoms with Crippen LogP contribution < -0.4 is 10.1 Å². The van der Waals surface area contributed by atoms with Gasteiger partial charge < -0.3 is 10.1 Å². The number of halogens is 8. The molecule has 0 radical (unpaired) electrons. The minimum absolute atomic E-state index is 0.000963. The van der Waals surface area contributed by atoms with Crippen LogP contribution in [0.1, 0.15) is 5.56 Å². The van der Waals surface area contributed by atoms with Crippen molar-refractivity contribution in [2.24, 2.45) is 0 Å². The third-order valence-electron chi connectivity index (χ3n) is 2.89. The van der Waals surface area contributed by atoms with Gasteiger partial charge in [-0.25, -0.2) is 4.98 Å². The van der Waals surface area contributed by atoms with Crippen molar-refractivity contribution in [3.63, 3.8) is 0 Å². The number of anilines is 1. The Labute approximate surface area is 171 Å². The molecule has 0 atom stereocenters. The van der Waals surface area contributed by atoms with E-state index in [4.69, 9.17) is 62.7 Å². The first kappa shape index (κ1) is 21.3. The van der Waals surface area contributed by atoms with Gasteiger partial charge in [0, 0.05) is 18.4 Å². The van der Waals surface area contributed by atoms with Crippen LogP contribution in [-0.4, -0.2) is 11.5 Å². The summed E-state index contributed by atoms with van der Waals surface area (Å²) in [5, 5.41) is 2.80. The molecule has 11 heteroatoms. The highest BCUT2D eigenvalue weighted by atomic mass is 35.5. The van der Waals surface area contributed by atoms with E-state index < -0.39 is 11.7 Å². The SMILES string of the molecule is FC(F)(F)c1cnc(Oc2c(Cl)cc(NCC=C(Cl)Cl)cc2Cl)c(Cl)c1. The molecule has 0 unspecified atom stereocenters. The lowest BCUT2D eigenvalue weighted by Gasteiger charge is -2.13. The van der Waals surface area contributed by atoms with Crippen molar-refractivity contribution in [3.8, 4) is 11.6 Å². The molecule has 1 N–H and O–H groups in total. The first-order valence-electron chi connectivity index (χ1n) is 6.72. The van der Waals surface area contributed by atoms with Gasteiger partial charge in [0.1, 0.15) is 9.51 Å². The Morgan fingerprint density at radius 3 is 2.19 bits per heavy atom. The maximum atomic E-state index is 12.6. The number of ether oxygens (including phenoxy) is 1. The Bertz CT molecular complexity index is 816. The van der Waals surface area contributed by atoms with Crippen LogP contribution in [0.25, 0.3) is 0 Å². The predicted molar refractivity (Wildman–Crippen MR) is 99.1 cm³/mol. The molecular formula is C15H8Cl5F3N2O. The van der Waals surface area contributed by atoms with Gasteiger partial charge in [0.05, 0.1) is 15.6 Å². The fourth-order valence-corrected chi connectivity index (χ4v) is 2.68. The fourth-order valence-electron chi connectivity index (χ4n) is 1.76. The smallest absolute Gasteiger partial charge is 0.417 e. The average molecular weight is 467 g/mol. The van der Waals surface area contributed by atoms with E-state index in [1.54, 1.807) is 0 Å². The number of nitrogens with one attached hydrogen (secondary N) is 1. The van der Waals surface area contributed by atoms with Crippen molar-refractivity contribution in [1.82, 2.24) is 4.98 Å².